The molecule has 0 saturated heterocycles. The minimum Gasteiger partial charge on any atom is -0.481 e. The van der Waals surface area contributed by atoms with Gasteiger partial charge in [0.25, 0.3) is 0 Å². The van der Waals surface area contributed by atoms with Crippen LogP contribution in [0.1, 0.15) is 78.6 Å². The van der Waals surface area contributed by atoms with Crippen molar-refractivity contribution in [3.8, 4) is 0 Å². The quantitative estimate of drug-likeness (QED) is 0.571. The van der Waals surface area contributed by atoms with Gasteiger partial charge >= 0.3 is 5.97 Å². The third-order valence-electron chi connectivity index (χ3n) is 10.3. The predicted octanol–water partition coefficient (Wildman–Crippen LogP) is 3.45. The highest BCUT2D eigenvalue weighted by Crippen LogP contribution is 2.68. The standard InChI is InChI=1S/C24H40O5/c1-13(4-7-21(28)29)16-5-6-17-22-18(12-20(27)24(16,17)3)23(2)9-8-15(25)10-14(23)11-19(22)26/h13-20,22,25-27H,4-12H2,1-3H3,(H,28,29)/t13-,14?,15-,16-,17+,18+,19?,20+,22?,23+,24-/m1/s1. The van der Waals surface area contributed by atoms with E-state index in [1.165, 1.54) is 0 Å². The highest BCUT2D eigenvalue weighted by molar-refractivity contribution is 5.66. The summed E-state index contributed by atoms with van der Waals surface area (Å²) in [4.78, 5) is 11.1. The normalized spacial score (nSPS) is 52.9. The zero-order valence-corrected chi connectivity index (χ0v) is 18.3. The minimum absolute atomic E-state index is 0.0957. The van der Waals surface area contributed by atoms with Crippen molar-refractivity contribution in [2.75, 3.05) is 0 Å². The summed E-state index contributed by atoms with van der Waals surface area (Å²) in [5.41, 5.74) is -0.143. The summed E-state index contributed by atoms with van der Waals surface area (Å²) >= 11 is 0. The first-order valence-corrected chi connectivity index (χ1v) is 11.8. The molecule has 0 amide bonds. The first-order chi connectivity index (χ1) is 13.6. The van der Waals surface area contributed by atoms with Gasteiger partial charge in [0, 0.05) is 6.42 Å². The zero-order valence-electron chi connectivity index (χ0n) is 18.3. The fraction of sp³-hybridized carbons (Fsp3) is 0.958. The molecule has 0 heterocycles. The van der Waals surface area contributed by atoms with Crippen LogP contribution in [0.5, 0.6) is 0 Å². The SMILES string of the molecule is C[C@H](CCC(=O)O)[C@H]1CC[C@H]2C3C(O)CC4C[C@H](O)CC[C@]4(C)[C@H]3C[C@H](O)[C@]12C. The van der Waals surface area contributed by atoms with Crippen LogP contribution in [0.4, 0.5) is 0 Å². The number of aliphatic carboxylic acids is 1. The molecule has 4 aliphatic carbocycles. The number of hydrogen-bond donors (Lipinski definition) is 4. The molecular weight excluding hydrogens is 368 g/mol. The third kappa shape index (κ3) is 3.27. The Morgan fingerprint density at radius 3 is 2.45 bits per heavy atom. The molecule has 0 spiro atoms. The number of aliphatic hydroxyl groups excluding tert-OH is 3. The smallest absolute Gasteiger partial charge is 0.303 e. The van der Waals surface area contributed by atoms with Crippen molar-refractivity contribution in [1.29, 1.82) is 0 Å². The van der Waals surface area contributed by atoms with Gasteiger partial charge in [-0.3, -0.25) is 4.79 Å². The van der Waals surface area contributed by atoms with Gasteiger partial charge in [0.15, 0.2) is 0 Å². The average molecular weight is 409 g/mol. The zero-order chi connectivity index (χ0) is 21.1. The number of carboxylic acid groups (broad SMARTS) is 1. The lowest BCUT2D eigenvalue weighted by Gasteiger charge is -2.63. The maximum absolute atomic E-state index is 11.5. The lowest BCUT2D eigenvalue weighted by molar-refractivity contribution is -0.207. The fourth-order valence-corrected chi connectivity index (χ4v) is 8.68. The molecule has 0 radical (unpaired) electrons. The number of carbonyl (C=O) groups is 1. The maximum Gasteiger partial charge on any atom is 0.303 e. The Kier molecular flexibility index (Phi) is 5.57. The molecule has 4 rings (SSSR count). The van der Waals surface area contributed by atoms with Crippen LogP contribution in [-0.2, 0) is 4.79 Å². The number of hydrogen-bond acceptors (Lipinski definition) is 4. The molecule has 4 fully saturated rings. The van der Waals surface area contributed by atoms with E-state index in [-0.39, 0.29) is 41.3 Å². The lowest BCUT2D eigenvalue weighted by Crippen LogP contribution is -2.62. The molecule has 4 saturated carbocycles. The van der Waals surface area contributed by atoms with Crippen molar-refractivity contribution in [2.24, 2.45) is 46.3 Å². The van der Waals surface area contributed by atoms with Crippen molar-refractivity contribution in [2.45, 2.75) is 96.9 Å². The second kappa shape index (κ2) is 7.49. The van der Waals surface area contributed by atoms with E-state index < -0.39 is 12.1 Å². The largest absolute Gasteiger partial charge is 0.481 e. The van der Waals surface area contributed by atoms with Gasteiger partial charge in [-0.05, 0) is 97.7 Å². The van der Waals surface area contributed by atoms with Crippen molar-refractivity contribution < 1.29 is 25.2 Å². The van der Waals surface area contributed by atoms with Gasteiger partial charge in [0.2, 0.25) is 0 Å². The molecule has 11 atom stereocenters. The topological polar surface area (TPSA) is 98.0 Å². The molecule has 0 bridgehead atoms. The summed E-state index contributed by atoms with van der Waals surface area (Å²) in [5.74, 6) is 0.997. The number of aliphatic hydroxyl groups is 3. The molecule has 5 heteroatoms. The van der Waals surface area contributed by atoms with Crippen LogP contribution >= 0.6 is 0 Å². The summed E-state index contributed by atoms with van der Waals surface area (Å²) in [6.45, 7) is 6.72. The molecular formula is C24H40O5. The monoisotopic (exact) mass is 408 g/mol. The summed E-state index contributed by atoms with van der Waals surface area (Å²) in [6.07, 6.45) is 6.00. The number of rotatable bonds is 4. The van der Waals surface area contributed by atoms with Crippen molar-refractivity contribution >= 4 is 5.97 Å². The van der Waals surface area contributed by atoms with E-state index in [0.717, 1.165) is 44.9 Å². The highest BCUT2D eigenvalue weighted by atomic mass is 16.4. The van der Waals surface area contributed by atoms with Gasteiger partial charge in [-0.2, -0.15) is 0 Å². The summed E-state index contributed by atoms with van der Waals surface area (Å²) in [5, 5.41) is 42.0. The Morgan fingerprint density at radius 1 is 1.03 bits per heavy atom. The van der Waals surface area contributed by atoms with Crippen LogP contribution in [-0.4, -0.2) is 44.7 Å². The van der Waals surface area contributed by atoms with Gasteiger partial charge in [-0.15, -0.1) is 0 Å². The maximum atomic E-state index is 11.5. The Balaban J connectivity index is 1.61. The van der Waals surface area contributed by atoms with Crippen LogP contribution in [0.2, 0.25) is 0 Å². The Morgan fingerprint density at radius 2 is 1.76 bits per heavy atom. The second-order valence-electron chi connectivity index (χ2n) is 11.4. The predicted molar refractivity (Wildman–Crippen MR) is 110 cm³/mol. The van der Waals surface area contributed by atoms with E-state index in [0.29, 0.717) is 30.1 Å². The van der Waals surface area contributed by atoms with E-state index in [1.807, 2.05) is 0 Å². The van der Waals surface area contributed by atoms with Crippen molar-refractivity contribution in [3.63, 3.8) is 0 Å². The van der Waals surface area contributed by atoms with E-state index in [1.54, 1.807) is 0 Å². The van der Waals surface area contributed by atoms with E-state index in [2.05, 4.69) is 20.8 Å². The molecule has 3 unspecified atom stereocenters. The number of carboxylic acids is 1. The molecule has 4 N–H and O–H groups in total. The van der Waals surface area contributed by atoms with Crippen LogP contribution in [0.3, 0.4) is 0 Å². The highest BCUT2D eigenvalue weighted by Gasteiger charge is 2.65. The van der Waals surface area contributed by atoms with E-state index in [4.69, 9.17) is 5.11 Å². The van der Waals surface area contributed by atoms with E-state index >= 15 is 0 Å². The Labute approximate surface area is 174 Å². The first kappa shape index (κ1) is 21.6. The van der Waals surface area contributed by atoms with Crippen LogP contribution in [0, 0.1) is 46.3 Å². The summed E-state index contributed by atoms with van der Waals surface area (Å²) in [7, 11) is 0. The Hall–Kier alpha value is -0.650. The molecule has 0 aromatic rings. The molecule has 0 aromatic carbocycles. The molecule has 29 heavy (non-hydrogen) atoms. The summed E-state index contributed by atoms with van der Waals surface area (Å²) in [6, 6.07) is 0. The van der Waals surface area contributed by atoms with Crippen LogP contribution in [0.15, 0.2) is 0 Å². The molecule has 0 aromatic heterocycles. The first-order valence-electron chi connectivity index (χ1n) is 11.8. The Bertz CT molecular complexity index is 637. The summed E-state index contributed by atoms with van der Waals surface area (Å²) < 4.78 is 0. The minimum atomic E-state index is -0.748. The molecule has 166 valence electrons. The van der Waals surface area contributed by atoms with E-state index in [9.17, 15) is 20.1 Å². The fourth-order valence-electron chi connectivity index (χ4n) is 8.68. The average Bonchev–Trinajstić information content (AvgIpc) is 3.01. The van der Waals surface area contributed by atoms with Crippen LogP contribution < -0.4 is 0 Å². The van der Waals surface area contributed by atoms with Crippen molar-refractivity contribution in [3.05, 3.63) is 0 Å². The van der Waals surface area contributed by atoms with Gasteiger partial charge < -0.3 is 20.4 Å². The van der Waals surface area contributed by atoms with Crippen molar-refractivity contribution in [1.82, 2.24) is 0 Å². The lowest BCUT2D eigenvalue weighted by atomic mass is 9.43. The number of fused-ring (bicyclic) bond motifs is 5. The molecule has 0 aliphatic heterocycles. The van der Waals surface area contributed by atoms with Gasteiger partial charge in [-0.25, -0.2) is 0 Å². The van der Waals surface area contributed by atoms with Gasteiger partial charge in [-0.1, -0.05) is 20.8 Å². The molecule has 5 nitrogen and oxygen atoms in total. The van der Waals surface area contributed by atoms with Gasteiger partial charge in [0.1, 0.15) is 0 Å². The van der Waals surface area contributed by atoms with Gasteiger partial charge in [0.05, 0.1) is 18.3 Å². The second-order valence-corrected chi connectivity index (χ2v) is 11.4. The van der Waals surface area contributed by atoms with Crippen LogP contribution in [0.25, 0.3) is 0 Å². The third-order valence-corrected chi connectivity index (χ3v) is 10.3. The molecule has 4 aliphatic rings.